The van der Waals surface area contributed by atoms with Gasteiger partial charge in [0.1, 0.15) is 0 Å². The van der Waals surface area contributed by atoms with Gasteiger partial charge < -0.3 is 10.2 Å². The Bertz CT molecular complexity index is 119. The molecule has 0 amide bonds. The molecule has 0 saturated heterocycles. The highest BCUT2D eigenvalue weighted by Crippen LogP contribution is 1.69. The van der Waals surface area contributed by atoms with Gasteiger partial charge in [0.15, 0.2) is 0 Å². The summed E-state index contributed by atoms with van der Waals surface area (Å²) in [5.74, 6) is 5.77. The fourth-order valence-corrected chi connectivity index (χ4v) is 0.542. The SMILES string of the molecule is CC#CCNCCN(C)C. The standard InChI is InChI=1S/C8H16N2/c1-4-5-6-9-7-8-10(2)3/h9H,6-8H2,1-3H3. The number of rotatable bonds is 4. The summed E-state index contributed by atoms with van der Waals surface area (Å²) in [6.45, 7) is 4.76. The number of likely N-dealkylation sites (N-methyl/N-ethyl adjacent to an activating group) is 1. The van der Waals surface area contributed by atoms with Crippen LogP contribution < -0.4 is 5.32 Å². The van der Waals surface area contributed by atoms with Crippen LogP contribution in [0, 0.1) is 11.8 Å². The van der Waals surface area contributed by atoms with E-state index in [-0.39, 0.29) is 0 Å². The van der Waals surface area contributed by atoms with Gasteiger partial charge in [-0.05, 0) is 21.0 Å². The fourth-order valence-electron chi connectivity index (χ4n) is 0.542. The predicted octanol–water partition coefficient (Wildman–Crippen LogP) is 0.161. The lowest BCUT2D eigenvalue weighted by Gasteiger charge is -2.07. The van der Waals surface area contributed by atoms with Crippen molar-refractivity contribution in [3.8, 4) is 11.8 Å². The Morgan fingerprint density at radius 1 is 1.40 bits per heavy atom. The van der Waals surface area contributed by atoms with Crippen LogP contribution in [0.2, 0.25) is 0 Å². The summed E-state index contributed by atoms with van der Waals surface area (Å²) in [6, 6.07) is 0. The second-order valence-electron chi connectivity index (χ2n) is 2.41. The van der Waals surface area contributed by atoms with Crippen molar-refractivity contribution in [2.45, 2.75) is 6.92 Å². The van der Waals surface area contributed by atoms with Gasteiger partial charge in [0.05, 0.1) is 6.54 Å². The molecule has 2 heteroatoms. The van der Waals surface area contributed by atoms with Crippen LogP contribution in [0.25, 0.3) is 0 Å². The minimum atomic E-state index is 0.810. The van der Waals surface area contributed by atoms with E-state index >= 15 is 0 Å². The van der Waals surface area contributed by atoms with Crippen LogP contribution in [0.5, 0.6) is 0 Å². The Hall–Kier alpha value is -0.520. The van der Waals surface area contributed by atoms with E-state index < -0.39 is 0 Å². The number of hydrogen-bond acceptors (Lipinski definition) is 2. The van der Waals surface area contributed by atoms with E-state index in [1.54, 1.807) is 0 Å². The average molecular weight is 140 g/mol. The molecule has 0 unspecified atom stereocenters. The van der Waals surface area contributed by atoms with Gasteiger partial charge in [-0.25, -0.2) is 0 Å². The van der Waals surface area contributed by atoms with Crippen molar-refractivity contribution in [1.82, 2.24) is 10.2 Å². The number of nitrogens with one attached hydrogen (secondary N) is 1. The van der Waals surface area contributed by atoms with Crippen LogP contribution in [0.3, 0.4) is 0 Å². The van der Waals surface area contributed by atoms with E-state index in [2.05, 4.69) is 36.2 Å². The zero-order chi connectivity index (χ0) is 7.82. The maximum Gasteiger partial charge on any atom is 0.0576 e. The molecule has 0 aromatic carbocycles. The third-order valence-corrected chi connectivity index (χ3v) is 1.13. The molecule has 0 aromatic rings. The number of hydrogen-bond donors (Lipinski definition) is 1. The van der Waals surface area contributed by atoms with Crippen molar-refractivity contribution in [1.29, 1.82) is 0 Å². The molecule has 0 aliphatic heterocycles. The van der Waals surface area contributed by atoms with Crippen molar-refractivity contribution in [3.05, 3.63) is 0 Å². The molecule has 58 valence electrons. The normalized spacial score (nSPS) is 9.20. The third-order valence-electron chi connectivity index (χ3n) is 1.13. The highest BCUT2D eigenvalue weighted by Gasteiger charge is 1.86. The summed E-state index contributed by atoms with van der Waals surface area (Å²) in [5.41, 5.74) is 0. The third kappa shape index (κ3) is 7.48. The molecule has 0 fully saturated rings. The minimum absolute atomic E-state index is 0.810. The van der Waals surface area contributed by atoms with Crippen LogP contribution in [-0.2, 0) is 0 Å². The van der Waals surface area contributed by atoms with Crippen LogP contribution in [-0.4, -0.2) is 38.6 Å². The van der Waals surface area contributed by atoms with Gasteiger partial charge in [-0.3, -0.25) is 0 Å². The monoisotopic (exact) mass is 140 g/mol. The maximum atomic E-state index is 3.20. The Balaban J connectivity index is 2.96. The molecule has 0 saturated carbocycles. The highest BCUT2D eigenvalue weighted by molar-refractivity contribution is 4.96. The van der Waals surface area contributed by atoms with Gasteiger partial charge >= 0.3 is 0 Å². The van der Waals surface area contributed by atoms with Crippen molar-refractivity contribution in [3.63, 3.8) is 0 Å². The summed E-state index contributed by atoms with van der Waals surface area (Å²) in [7, 11) is 4.13. The van der Waals surface area contributed by atoms with E-state index in [1.807, 2.05) is 6.92 Å². The summed E-state index contributed by atoms with van der Waals surface area (Å²) >= 11 is 0. The summed E-state index contributed by atoms with van der Waals surface area (Å²) < 4.78 is 0. The second-order valence-corrected chi connectivity index (χ2v) is 2.41. The Morgan fingerprint density at radius 2 is 2.10 bits per heavy atom. The Labute approximate surface area is 63.6 Å². The molecule has 0 aliphatic rings. The molecular weight excluding hydrogens is 124 g/mol. The zero-order valence-corrected chi connectivity index (χ0v) is 7.07. The highest BCUT2D eigenvalue weighted by atomic mass is 15.1. The van der Waals surface area contributed by atoms with Crippen molar-refractivity contribution in [2.24, 2.45) is 0 Å². The summed E-state index contributed by atoms with van der Waals surface area (Å²) in [5, 5.41) is 3.20. The molecule has 0 heterocycles. The Morgan fingerprint density at radius 3 is 2.60 bits per heavy atom. The molecule has 0 atom stereocenters. The largest absolute Gasteiger partial charge is 0.308 e. The van der Waals surface area contributed by atoms with Crippen molar-refractivity contribution >= 4 is 0 Å². The predicted molar refractivity (Wildman–Crippen MR) is 44.9 cm³/mol. The van der Waals surface area contributed by atoms with E-state index in [1.165, 1.54) is 0 Å². The van der Waals surface area contributed by atoms with Crippen LogP contribution in [0.4, 0.5) is 0 Å². The topological polar surface area (TPSA) is 15.3 Å². The lowest BCUT2D eigenvalue weighted by atomic mass is 10.5. The average Bonchev–Trinajstić information content (AvgIpc) is 1.87. The van der Waals surface area contributed by atoms with E-state index in [9.17, 15) is 0 Å². The summed E-state index contributed by atoms with van der Waals surface area (Å²) in [6.07, 6.45) is 0. The Kier molecular flexibility index (Phi) is 6.25. The quantitative estimate of drug-likeness (QED) is 0.442. The van der Waals surface area contributed by atoms with Gasteiger partial charge in [-0.1, -0.05) is 5.92 Å². The molecule has 0 aliphatic carbocycles. The molecule has 0 radical (unpaired) electrons. The zero-order valence-electron chi connectivity index (χ0n) is 7.07. The summed E-state index contributed by atoms with van der Waals surface area (Å²) in [4.78, 5) is 2.15. The molecule has 10 heavy (non-hydrogen) atoms. The van der Waals surface area contributed by atoms with Gasteiger partial charge in [0.2, 0.25) is 0 Å². The number of nitrogens with zero attached hydrogens (tertiary/aromatic N) is 1. The molecule has 0 spiro atoms. The molecule has 0 bridgehead atoms. The van der Waals surface area contributed by atoms with Crippen LogP contribution in [0.1, 0.15) is 6.92 Å². The maximum absolute atomic E-state index is 3.20. The van der Waals surface area contributed by atoms with E-state index in [0.717, 1.165) is 19.6 Å². The van der Waals surface area contributed by atoms with Gasteiger partial charge in [-0.15, -0.1) is 5.92 Å². The van der Waals surface area contributed by atoms with E-state index in [0.29, 0.717) is 0 Å². The lowest BCUT2D eigenvalue weighted by Crippen LogP contribution is -2.26. The van der Waals surface area contributed by atoms with Crippen LogP contribution in [0.15, 0.2) is 0 Å². The van der Waals surface area contributed by atoms with Gasteiger partial charge in [-0.2, -0.15) is 0 Å². The van der Waals surface area contributed by atoms with Crippen molar-refractivity contribution < 1.29 is 0 Å². The molecule has 1 N–H and O–H groups in total. The first-order valence-electron chi connectivity index (χ1n) is 3.52. The fraction of sp³-hybridized carbons (Fsp3) is 0.750. The first kappa shape index (κ1) is 9.48. The van der Waals surface area contributed by atoms with Crippen LogP contribution >= 0.6 is 0 Å². The van der Waals surface area contributed by atoms with Crippen molar-refractivity contribution in [2.75, 3.05) is 33.7 Å². The first-order chi connectivity index (χ1) is 4.77. The van der Waals surface area contributed by atoms with Gasteiger partial charge in [0, 0.05) is 13.1 Å². The molecule has 0 aromatic heterocycles. The molecular formula is C8H16N2. The molecule has 2 nitrogen and oxygen atoms in total. The lowest BCUT2D eigenvalue weighted by molar-refractivity contribution is 0.405. The smallest absolute Gasteiger partial charge is 0.0576 e. The second kappa shape index (κ2) is 6.60. The van der Waals surface area contributed by atoms with E-state index in [4.69, 9.17) is 0 Å². The van der Waals surface area contributed by atoms with Gasteiger partial charge in [0.25, 0.3) is 0 Å². The molecule has 0 rings (SSSR count). The minimum Gasteiger partial charge on any atom is -0.308 e. The first-order valence-corrected chi connectivity index (χ1v) is 3.52.